The molecule has 4 aromatic rings. The number of carbonyl (C=O) groups excluding carboxylic acids is 1. The summed E-state index contributed by atoms with van der Waals surface area (Å²) < 4.78 is 7.93. The molecular weight excluding hydrogens is 472 g/mol. The van der Waals surface area contributed by atoms with Crippen molar-refractivity contribution in [2.75, 3.05) is 13.2 Å². The van der Waals surface area contributed by atoms with Gasteiger partial charge in [0.15, 0.2) is 0 Å². The van der Waals surface area contributed by atoms with Gasteiger partial charge in [0, 0.05) is 64.6 Å². The van der Waals surface area contributed by atoms with E-state index in [9.17, 15) is 9.59 Å². The van der Waals surface area contributed by atoms with Gasteiger partial charge in [-0.15, -0.1) is 11.3 Å². The Bertz CT molecular complexity index is 1460. The first-order valence-electron chi connectivity index (χ1n) is 12.4. The molecule has 1 aromatic carbocycles. The third-order valence-electron chi connectivity index (χ3n) is 7.48. The van der Waals surface area contributed by atoms with Gasteiger partial charge in [-0.2, -0.15) is 0 Å². The second kappa shape index (κ2) is 10.0. The monoisotopic (exact) mass is 504 g/mol. The number of fused-ring (bicyclic) bond motifs is 1. The van der Waals surface area contributed by atoms with Gasteiger partial charge in [-0.1, -0.05) is 12.1 Å². The van der Waals surface area contributed by atoms with Crippen molar-refractivity contribution in [2.24, 2.45) is 5.92 Å². The van der Waals surface area contributed by atoms with E-state index in [0.717, 1.165) is 65.2 Å². The molecule has 1 aliphatic rings. The number of ether oxygens (including phenoxy) is 1. The summed E-state index contributed by atoms with van der Waals surface area (Å²) in [5.74, 6) is 0.303. The van der Waals surface area contributed by atoms with E-state index in [0.29, 0.717) is 17.0 Å². The van der Waals surface area contributed by atoms with Gasteiger partial charge in [0.2, 0.25) is 0 Å². The summed E-state index contributed by atoms with van der Waals surface area (Å²) >= 11 is 1.57. The van der Waals surface area contributed by atoms with Crippen LogP contribution in [0.5, 0.6) is 0 Å². The zero-order chi connectivity index (χ0) is 25.4. The first kappa shape index (κ1) is 24.5. The number of benzene rings is 1. The molecule has 1 saturated heterocycles. The Morgan fingerprint density at radius 2 is 2.03 bits per heavy atom. The molecule has 0 saturated carbocycles. The molecule has 36 heavy (non-hydrogen) atoms. The second-order valence-corrected chi connectivity index (χ2v) is 10.5. The first-order valence-corrected chi connectivity index (χ1v) is 13.4. The maximum Gasteiger partial charge on any atom is 0.254 e. The molecule has 1 aliphatic heterocycles. The molecule has 2 N–H and O–H groups in total. The third kappa shape index (κ3) is 4.51. The molecule has 1 unspecified atom stereocenters. The lowest BCUT2D eigenvalue weighted by atomic mass is 9.92. The number of aryl methyl sites for hydroxylation is 2. The molecule has 3 aromatic heterocycles. The molecule has 1 fully saturated rings. The summed E-state index contributed by atoms with van der Waals surface area (Å²) in [6.07, 6.45) is 2.01. The topological polar surface area (TPSA) is 89.0 Å². The van der Waals surface area contributed by atoms with Gasteiger partial charge in [-0.25, -0.2) is 4.98 Å². The molecule has 0 aliphatic carbocycles. The van der Waals surface area contributed by atoms with Gasteiger partial charge in [-0.3, -0.25) is 9.59 Å². The lowest BCUT2D eigenvalue weighted by molar-refractivity contribution is 0.0517. The van der Waals surface area contributed by atoms with E-state index in [4.69, 9.17) is 4.74 Å². The van der Waals surface area contributed by atoms with Crippen LogP contribution in [0, 0.1) is 26.7 Å². The van der Waals surface area contributed by atoms with Crippen LogP contribution in [-0.2, 0) is 11.3 Å². The Morgan fingerprint density at radius 3 is 2.72 bits per heavy atom. The van der Waals surface area contributed by atoms with Crippen molar-refractivity contribution in [3.63, 3.8) is 0 Å². The number of rotatable bonds is 6. The number of aromatic amines is 1. The van der Waals surface area contributed by atoms with E-state index in [2.05, 4.69) is 32.8 Å². The summed E-state index contributed by atoms with van der Waals surface area (Å²) in [6.45, 7) is 9.75. The fourth-order valence-corrected chi connectivity index (χ4v) is 6.09. The second-order valence-electron chi connectivity index (χ2n) is 9.75. The van der Waals surface area contributed by atoms with Crippen LogP contribution in [0.15, 0.2) is 40.0 Å². The van der Waals surface area contributed by atoms with Crippen molar-refractivity contribution in [1.29, 1.82) is 0 Å². The fourth-order valence-electron chi connectivity index (χ4n) is 5.53. The Balaban J connectivity index is 1.56. The van der Waals surface area contributed by atoms with Crippen molar-refractivity contribution >= 4 is 28.1 Å². The number of pyridine rings is 1. The van der Waals surface area contributed by atoms with E-state index in [-0.39, 0.29) is 24.1 Å². The van der Waals surface area contributed by atoms with Gasteiger partial charge < -0.3 is 19.6 Å². The highest BCUT2D eigenvalue weighted by Gasteiger charge is 2.28. The summed E-state index contributed by atoms with van der Waals surface area (Å²) in [7, 11) is 0. The van der Waals surface area contributed by atoms with Crippen LogP contribution in [0.3, 0.4) is 0 Å². The number of nitrogens with zero attached hydrogens (tertiary/aromatic N) is 2. The highest BCUT2D eigenvalue weighted by atomic mass is 32.1. The van der Waals surface area contributed by atoms with Gasteiger partial charge in [0.25, 0.3) is 11.5 Å². The zero-order valence-corrected chi connectivity index (χ0v) is 22.0. The Hall–Kier alpha value is -3.23. The summed E-state index contributed by atoms with van der Waals surface area (Å²) in [4.78, 5) is 33.4. The summed E-state index contributed by atoms with van der Waals surface area (Å²) in [5, 5.41) is 5.97. The Kier molecular flexibility index (Phi) is 6.81. The molecule has 8 heteroatoms. The SMILES string of the molecule is Cc1cc(C)c(CNC(=O)c2c(C)n(C(C)C3CCOCC3)c3cc(-c4cscn4)ccc23)c(=O)[nH]1. The van der Waals surface area contributed by atoms with Crippen LogP contribution in [0.25, 0.3) is 22.2 Å². The number of nitrogens with one attached hydrogen (secondary N) is 2. The molecule has 7 nitrogen and oxygen atoms in total. The van der Waals surface area contributed by atoms with E-state index in [1.165, 1.54) is 0 Å². The minimum Gasteiger partial charge on any atom is -0.381 e. The molecule has 1 atom stereocenters. The number of thiazole rings is 1. The van der Waals surface area contributed by atoms with Crippen molar-refractivity contribution in [1.82, 2.24) is 19.9 Å². The first-order chi connectivity index (χ1) is 17.3. The van der Waals surface area contributed by atoms with E-state index < -0.39 is 0 Å². The van der Waals surface area contributed by atoms with Gasteiger partial charge in [0.1, 0.15) is 0 Å². The minimum absolute atomic E-state index is 0.159. The predicted octanol–water partition coefficient (Wildman–Crippen LogP) is 5.30. The number of amides is 1. The highest BCUT2D eigenvalue weighted by molar-refractivity contribution is 7.07. The van der Waals surface area contributed by atoms with Crippen LogP contribution in [0.2, 0.25) is 0 Å². The maximum absolute atomic E-state index is 13.6. The van der Waals surface area contributed by atoms with Gasteiger partial charge >= 0.3 is 0 Å². The molecule has 188 valence electrons. The molecular formula is C28H32N4O3S. The van der Waals surface area contributed by atoms with E-state index >= 15 is 0 Å². The quantitative estimate of drug-likeness (QED) is 0.373. The van der Waals surface area contributed by atoms with Crippen LogP contribution >= 0.6 is 11.3 Å². The Morgan fingerprint density at radius 1 is 1.25 bits per heavy atom. The fraction of sp³-hybridized carbons (Fsp3) is 0.393. The van der Waals surface area contributed by atoms with Crippen LogP contribution < -0.4 is 10.9 Å². The smallest absolute Gasteiger partial charge is 0.254 e. The lowest BCUT2D eigenvalue weighted by Gasteiger charge is -2.30. The summed E-state index contributed by atoms with van der Waals surface area (Å²) in [6, 6.07) is 8.36. The summed E-state index contributed by atoms with van der Waals surface area (Å²) in [5.41, 5.74) is 8.54. The highest BCUT2D eigenvalue weighted by Crippen LogP contribution is 2.37. The standard InChI is InChI=1S/C28H32N4O3S/c1-16-11-17(2)31-27(33)23(16)13-29-28(34)26-19(4)32(18(3)20-7-9-35-10-8-20)25-12-21(5-6-22(25)26)24-14-36-15-30-24/h5-6,11-12,14-15,18,20H,7-10,13H2,1-4H3,(H,29,34)(H,31,33). The number of aromatic nitrogens is 3. The van der Waals surface area contributed by atoms with Crippen molar-refractivity contribution in [3.8, 4) is 11.3 Å². The molecule has 5 rings (SSSR count). The number of carbonyl (C=O) groups is 1. The predicted molar refractivity (Wildman–Crippen MR) is 144 cm³/mol. The minimum atomic E-state index is -0.170. The van der Waals surface area contributed by atoms with Crippen molar-refractivity contribution in [2.45, 2.75) is 53.1 Å². The molecule has 0 radical (unpaired) electrons. The third-order valence-corrected chi connectivity index (χ3v) is 8.07. The zero-order valence-electron chi connectivity index (χ0n) is 21.2. The molecule has 4 heterocycles. The van der Waals surface area contributed by atoms with E-state index in [1.807, 2.05) is 49.9 Å². The Labute approximate surface area is 214 Å². The van der Waals surface area contributed by atoms with E-state index in [1.54, 1.807) is 11.3 Å². The van der Waals surface area contributed by atoms with Crippen molar-refractivity contribution < 1.29 is 9.53 Å². The largest absolute Gasteiger partial charge is 0.381 e. The molecule has 0 spiro atoms. The molecule has 0 bridgehead atoms. The average Bonchev–Trinajstić information content (AvgIpc) is 3.49. The van der Waals surface area contributed by atoms with Crippen molar-refractivity contribution in [3.05, 3.63) is 73.6 Å². The van der Waals surface area contributed by atoms with Crippen LogP contribution in [0.1, 0.15) is 58.7 Å². The normalized spacial score (nSPS) is 15.3. The maximum atomic E-state index is 13.6. The van der Waals surface area contributed by atoms with Crippen LogP contribution in [0.4, 0.5) is 0 Å². The lowest BCUT2D eigenvalue weighted by Crippen LogP contribution is -2.28. The van der Waals surface area contributed by atoms with Crippen LogP contribution in [-0.4, -0.2) is 33.7 Å². The number of hydrogen-bond acceptors (Lipinski definition) is 5. The molecule has 1 amide bonds. The number of H-pyrrole nitrogens is 1. The number of hydrogen-bond donors (Lipinski definition) is 2. The van der Waals surface area contributed by atoms with Gasteiger partial charge in [-0.05, 0) is 64.2 Å². The average molecular weight is 505 g/mol. The van der Waals surface area contributed by atoms with Gasteiger partial charge in [0.05, 0.1) is 16.8 Å².